The summed E-state index contributed by atoms with van der Waals surface area (Å²) >= 11 is 1.61. The smallest absolute Gasteiger partial charge is 0.234 e. The molecule has 0 saturated carbocycles. The monoisotopic (exact) mass is 401 g/mol. The number of tetrazole rings is 1. The molecule has 29 heavy (non-hydrogen) atoms. The van der Waals surface area contributed by atoms with Gasteiger partial charge in [-0.25, -0.2) is 4.68 Å². The molecule has 3 aromatic carbocycles. The molecule has 0 atom stereocenters. The zero-order valence-corrected chi connectivity index (χ0v) is 16.4. The lowest BCUT2D eigenvalue weighted by molar-refractivity contribution is -0.113. The van der Waals surface area contributed by atoms with Crippen LogP contribution in [0.2, 0.25) is 0 Å². The van der Waals surface area contributed by atoms with Gasteiger partial charge in [-0.3, -0.25) is 4.79 Å². The van der Waals surface area contributed by atoms with E-state index in [0.29, 0.717) is 11.4 Å². The lowest BCUT2D eigenvalue weighted by Crippen LogP contribution is -2.15. The van der Waals surface area contributed by atoms with E-state index >= 15 is 0 Å². The van der Waals surface area contributed by atoms with Crippen LogP contribution in [0.1, 0.15) is 16.4 Å². The number of hydrogen-bond donors (Lipinski definition) is 1. The van der Waals surface area contributed by atoms with Crippen LogP contribution in [0.5, 0.6) is 0 Å². The first-order chi connectivity index (χ1) is 14.3. The quantitative estimate of drug-likeness (QED) is 0.504. The Bertz CT molecular complexity index is 1020. The third-order valence-electron chi connectivity index (χ3n) is 4.33. The van der Waals surface area contributed by atoms with Gasteiger partial charge in [0.25, 0.3) is 0 Å². The molecule has 6 nitrogen and oxygen atoms in total. The molecule has 1 aromatic heterocycles. The Morgan fingerprint density at radius 3 is 2.24 bits per heavy atom. The number of amides is 1. The Labute approximate surface area is 173 Å². The van der Waals surface area contributed by atoms with Crippen LogP contribution in [-0.2, 0) is 4.79 Å². The van der Waals surface area contributed by atoms with Gasteiger partial charge in [0.1, 0.15) is 6.33 Å². The van der Waals surface area contributed by atoms with Crippen LogP contribution in [0.4, 0.5) is 5.69 Å². The van der Waals surface area contributed by atoms with Gasteiger partial charge in [0.2, 0.25) is 5.91 Å². The maximum atomic E-state index is 12.6. The van der Waals surface area contributed by atoms with Crippen molar-refractivity contribution < 1.29 is 4.79 Å². The molecule has 0 radical (unpaired) electrons. The number of nitrogens with zero attached hydrogens (tertiary/aromatic N) is 4. The van der Waals surface area contributed by atoms with Gasteiger partial charge in [-0.15, -0.1) is 16.9 Å². The van der Waals surface area contributed by atoms with E-state index in [-0.39, 0.29) is 11.2 Å². The van der Waals surface area contributed by atoms with Crippen molar-refractivity contribution in [2.45, 2.75) is 5.25 Å². The molecule has 0 spiro atoms. The first-order valence-electron chi connectivity index (χ1n) is 9.14. The van der Waals surface area contributed by atoms with Gasteiger partial charge in [-0.05, 0) is 39.8 Å². The highest BCUT2D eigenvalue weighted by Gasteiger charge is 2.16. The number of aromatic nitrogens is 4. The number of thioether (sulfide) groups is 1. The molecule has 0 aliphatic carbocycles. The van der Waals surface area contributed by atoms with Crippen LogP contribution in [0.3, 0.4) is 0 Å². The summed E-state index contributed by atoms with van der Waals surface area (Å²) in [6.45, 7) is 0. The van der Waals surface area contributed by atoms with E-state index in [2.05, 4.69) is 45.1 Å². The van der Waals surface area contributed by atoms with Gasteiger partial charge < -0.3 is 5.32 Å². The summed E-state index contributed by atoms with van der Waals surface area (Å²) < 4.78 is 1.55. The topological polar surface area (TPSA) is 72.7 Å². The largest absolute Gasteiger partial charge is 0.325 e. The summed E-state index contributed by atoms with van der Waals surface area (Å²) in [6.07, 6.45) is 1.51. The molecule has 7 heteroatoms. The molecule has 0 saturated heterocycles. The zero-order chi connectivity index (χ0) is 19.9. The summed E-state index contributed by atoms with van der Waals surface area (Å²) in [4.78, 5) is 12.6. The fourth-order valence-electron chi connectivity index (χ4n) is 3.00. The maximum absolute atomic E-state index is 12.6. The average molecular weight is 401 g/mol. The number of benzene rings is 3. The molecule has 144 valence electrons. The van der Waals surface area contributed by atoms with Crippen LogP contribution < -0.4 is 5.32 Å². The standard InChI is InChI=1S/C22H19N5OS/c28-21(24-19-12-7-13-20(14-19)27-16-23-25-26-27)15-29-22(17-8-3-1-4-9-17)18-10-5-2-6-11-18/h1-14,16,22H,15H2,(H,24,28). The Kier molecular flexibility index (Phi) is 5.97. The molecular formula is C22H19N5OS. The zero-order valence-electron chi connectivity index (χ0n) is 15.6. The van der Waals surface area contributed by atoms with Crippen molar-refractivity contribution in [3.63, 3.8) is 0 Å². The Morgan fingerprint density at radius 1 is 0.931 bits per heavy atom. The SMILES string of the molecule is O=C(CSC(c1ccccc1)c1ccccc1)Nc1cccc(-n2cnnn2)c1. The number of carbonyl (C=O) groups is 1. The minimum atomic E-state index is -0.0549. The van der Waals surface area contributed by atoms with E-state index in [4.69, 9.17) is 0 Å². The number of nitrogens with one attached hydrogen (secondary N) is 1. The lowest BCUT2D eigenvalue weighted by atomic mass is 10.0. The fourth-order valence-corrected chi connectivity index (χ4v) is 4.09. The molecule has 0 fully saturated rings. The van der Waals surface area contributed by atoms with Crippen molar-refractivity contribution in [3.8, 4) is 5.69 Å². The maximum Gasteiger partial charge on any atom is 0.234 e. The van der Waals surface area contributed by atoms with Crippen molar-refractivity contribution in [3.05, 3.63) is 102 Å². The van der Waals surface area contributed by atoms with Crippen LogP contribution >= 0.6 is 11.8 Å². The molecule has 1 amide bonds. The first kappa shape index (κ1) is 18.9. The predicted octanol–water partition coefficient (Wildman–Crippen LogP) is 4.12. The molecule has 4 rings (SSSR count). The van der Waals surface area contributed by atoms with Crippen LogP contribution in [0, 0.1) is 0 Å². The van der Waals surface area contributed by atoms with Crippen molar-refractivity contribution in [2.75, 3.05) is 11.1 Å². The van der Waals surface area contributed by atoms with E-state index in [1.54, 1.807) is 16.4 Å². The molecule has 0 aliphatic heterocycles. The van der Waals surface area contributed by atoms with Gasteiger partial charge in [0, 0.05) is 5.69 Å². The molecule has 0 bridgehead atoms. The van der Waals surface area contributed by atoms with E-state index in [1.807, 2.05) is 60.7 Å². The lowest BCUT2D eigenvalue weighted by Gasteiger charge is -2.17. The van der Waals surface area contributed by atoms with Gasteiger partial charge in [-0.1, -0.05) is 66.7 Å². The molecule has 1 heterocycles. The normalized spacial score (nSPS) is 10.8. The minimum Gasteiger partial charge on any atom is -0.325 e. The second-order valence-corrected chi connectivity index (χ2v) is 7.46. The highest BCUT2D eigenvalue weighted by Crippen LogP contribution is 2.35. The Morgan fingerprint density at radius 2 is 1.62 bits per heavy atom. The third-order valence-corrected chi connectivity index (χ3v) is 5.64. The van der Waals surface area contributed by atoms with Crippen LogP contribution in [-0.4, -0.2) is 31.9 Å². The van der Waals surface area contributed by atoms with Crippen molar-refractivity contribution in [1.29, 1.82) is 0 Å². The number of hydrogen-bond acceptors (Lipinski definition) is 5. The highest BCUT2D eigenvalue weighted by atomic mass is 32.2. The van der Waals surface area contributed by atoms with E-state index in [1.165, 1.54) is 17.5 Å². The number of anilines is 1. The second-order valence-electron chi connectivity index (χ2n) is 6.37. The van der Waals surface area contributed by atoms with E-state index in [9.17, 15) is 4.79 Å². The molecule has 4 aromatic rings. The summed E-state index contributed by atoms with van der Waals surface area (Å²) in [6, 6.07) is 27.9. The minimum absolute atomic E-state index is 0.0549. The van der Waals surface area contributed by atoms with E-state index < -0.39 is 0 Å². The summed E-state index contributed by atoms with van der Waals surface area (Å²) in [7, 11) is 0. The number of carbonyl (C=O) groups excluding carboxylic acids is 1. The Hall–Kier alpha value is -3.45. The predicted molar refractivity (Wildman–Crippen MR) is 115 cm³/mol. The molecular weight excluding hydrogens is 382 g/mol. The van der Waals surface area contributed by atoms with E-state index in [0.717, 1.165) is 5.69 Å². The van der Waals surface area contributed by atoms with Gasteiger partial charge >= 0.3 is 0 Å². The first-order valence-corrected chi connectivity index (χ1v) is 10.2. The van der Waals surface area contributed by atoms with Gasteiger partial charge in [0.15, 0.2) is 0 Å². The van der Waals surface area contributed by atoms with Gasteiger partial charge in [-0.2, -0.15) is 0 Å². The highest BCUT2D eigenvalue weighted by molar-refractivity contribution is 8.00. The molecule has 0 aliphatic rings. The van der Waals surface area contributed by atoms with Crippen molar-refractivity contribution in [1.82, 2.24) is 20.2 Å². The van der Waals surface area contributed by atoms with Crippen molar-refractivity contribution in [2.24, 2.45) is 0 Å². The summed E-state index contributed by atoms with van der Waals surface area (Å²) in [5.41, 5.74) is 3.85. The van der Waals surface area contributed by atoms with Crippen LogP contribution in [0.25, 0.3) is 5.69 Å². The Balaban J connectivity index is 1.44. The van der Waals surface area contributed by atoms with Crippen LogP contribution in [0.15, 0.2) is 91.3 Å². The molecule has 0 unspecified atom stereocenters. The summed E-state index contributed by atoms with van der Waals surface area (Å²) in [5.74, 6) is 0.282. The molecule has 1 N–H and O–H groups in total. The fraction of sp³-hybridized carbons (Fsp3) is 0.0909. The third kappa shape index (κ3) is 4.89. The number of rotatable bonds is 7. The van der Waals surface area contributed by atoms with Gasteiger partial charge in [0.05, 0.1) is 16.7 Å². The van der Waals surface area contributed by atoms with Crippen molar-refractivity contribution >= 4 is 23.4 Å². The average Bonchev–Trinajstić information content (AvgIpc) is 3.31. The summed E-state index contributed by atoms with van der Waals surface area (Å²) in [5, 5.41) is 14.2. The second kappa shape index (κ2) is 9.16.